The maximum absolute atomic E-state index is 11.5. The molecule has 0 fully saturated rings. The third-order valence-electron chi connectivity index (χ3n) is 3.80. The minimum absolute atomic E-state index is 0.198. The summed E-state index contributed by atoms with van der Waals surface area (Å²) in [6.07, 6.45) is 11.3. The van der Waals surface area contributed by atoms with E-state index >= 15 is 0 Å². The van der Waals surface area contributed by atoms with Gasteiger partial charge in [0.25, 0.3) is 0 Å². The molecule has 0 rings (SSSR count). The third kappa shape index (κ3) is 15.3. The van der Waals surface area contributed by atoms with E-state index in [1.807, 2.05) is 6.92 Å². The number of amides is 1. The number of carbonyl (C=O) groups excluding carboxylic acids is 2. The molecular weight excluding hydrogens is 262 g/mol. The second-order valence-corrected chi connectivity index (χ2v) is 6.40. The van der Waals surface area contributed by atoms with Gasteiger partial charge in [0.2, 0.25) is 5.91 Å². The van der Waals surface area contributed by atoms with Gasteiger partial charge in [-0.3, -0.25) is 9.59 Å². The first-order valence-corrected chi connectivity index (χ1v) is 8.84. The van der Waals surface area contributed by atoms with Gasteiger partial charge in [0.1, 0.15) is 5.78 Å². The molecule has 0 aliphatic rings. The highest BCUT2D eigenvalue weighted by Crippen LogP contribution is 2.09. The molecule has 0 aromatic heterocycles. The van der Waals surface area contributed by atoms with Gasteiger partial charge in [-0.2, -0.15) is 0 Å². The molecule has 1 N–H and O–H groups in total. The molecule has 0 atom stereocenters. The van der Waals surface area contributed by atoms with Gasteiger partial charge in [0.15, 0.2) is 0 Å². The Hall–Kier alpha value is -0.860. The molecule has 0 radical (unpaired) electrons. The van der Waals surface area contributed by atoms with E-state index in [9.17, 15) is 9.59 Å². The van der Waals surface area contributed by atoms with E-state index in [2.05, 4.69) is 19.2 Å². The number of hydrogen-bond acceptors (Lipinski definition) is 2. The van der Waals surface area contributed by atoms with E-state index < -0.39 is 0 Å². The fourth-order valence-corrected chi connectivity index (χ4v) is 2.24. The van der Waals surface area contributed by atoms with Crippen molar-refractivity contribution in [1.82, 2.24) is 5.32 Å². The molecular formula is C18H35NO2. The first-order chi connectivity index (χ1) is 10.1. The largest absolute Gasteiger partial charge is 0.356 e. The normalized spacial score (nSPS) is 10.9. The van der Waals surface area contributed by atoms with E-state index in [-0.39, 0.29) is 5.91 Å². The molecule has 21 heavy (non-hydrogen) atoms. The predicted octanol–water partition coefficient (Wildman–Crippen LogP) is 4.64. The summed E-state index contributed by atoms with van der Waals surface area (Å²) in [6, 6.07) is 0. The third-order valence-corrected chi connectivity index (χ3v) is 3.80. The number of hydrogen-bond donors (Lipinski definition) is 1. The zero-order chi connectivity index (χ0) is 15.9. The monoisotopic (exact) mass is 297 g/mol. The highest BCUT2D eigenvalue weighted by molar-refractivity contribution is 5.77. The molecule has 1 amide bonds. The smallest absolute Gasteiger partial charge is 0.220 e. The first-order valence-electron chi connectivity index (χ1n) is 8.84. The summed E-state index contributed by atoms with van der Waals surface area (Å²) in [6.45, 7) is 7.04. The molecule has 0 heterocycles. The highest BCUT2D eigenvalue weighted by Gasteiger charge is 2.02. The van der Waals surface area contributed by atoms with Crippen LogP contribution in [0.2, 0.25) is 0 Å². The van der Waals surface area contributed by atoms with Crippen molar-refractivity contribution in [2.24, 2.45) is 5.92 Å². The van der Waals surface area contributed by atoms with Crippen LogP contribution in [0.4, 0.5) is 0 Å². The van der Waals surface area contributed by atoms with Gasteiger partial charge in [0, 0.05) is 25.8 Å². The Morgan fingerprint density at radius 3 is 2.00 bits per heavy atom. The van der Waals surface area contributed by atoms with Crippen LogP contribution in [-0.4, -0.2) is 18.2 Å². The van der Waals surface area contributed by atoms with E-state index in [1.54, 1.807) is 0 Å². The molecule has 124 valence electrons. The van der Waals surface area contributed by atoms with Crippen molar-refractivity contribution < 1.29 is 9.59 Å². The Morgan fingerprint density at radius 2 is 1.43 bits per heavy atom. The molecule has 0 aliphatic heterocycles. The highest BCUT2D eigenvalue weighted by atomic mass is 16.1. The Balaban J connectivity index is 3.18. The molecule has 0 aromatic rings. The Labute approximate surface area is 131 Å². The number of Topliss-reactive ketones (excluding diaryl/α,β-unsaturated/α-hetero) is 1. The van der Waals surface area contributed by atoms with Crippen molar-refractivity contribution in [2.75, 3.05) is 6.54 Å². The molecule has 3 heteroatoms. The lowest BCUT2D eigenvalue weighted by Crippen LogP contribution is -2.24. The maximum atomic E-state index is 11.5. The minimum Gasteiger partial charge on any atom is -0.356 e. The average Bonchev–Trinajstić information content (AvgIpc) is 2.46. The second kappa shape index (κ2) is 14.1. The number of unbranched alkanes of at least 4 members (excludes halogenated alkanes) is 6. The summed E-state index contributed by atoms with van der Waals surface area (Å²) < 4.78 is 0. The van der Waals surface area contributed by atoms with Crippen molar-refractivity contribution in [1.29, 1.82) is 0 Å². The predicted molar refractivity (Wildman–Crippen MR) is 89.3 cm³/mol. The molecule has 0 unspecified atom stereocenters. The Morgan fingerprint density at radius 1 is 0.857 bits per heavy atom. The lowest BCUT2D eigenvalue weighted by atomic mass is 10.1. The van der Waals surface area contributed by atoms with Gasteiger partial charge in [0.05, 0.1) is 0 Å². The average molecular weight is 297 g/mol. The summed E-state index contributed by atoms with van der Waals surface area (Å²) in [5.41, 5.74) is 0. The number of nitrogens with one attached hydrogen (secondary N) is 1. The molecule has 0 bridgehead atoms. The van der Waals surface area contributed by atoms with Crippen LogP contribution in [0.5, 0.6) is 0 Å². The van der Waals surface area contributed by atoms with Crippen LogP contribution in [0.1, 0.15) is 91.4 Å². The zero-order valence-corrected chi connectivity index (χ0v) is 14.4. The topological polar surface area (TPSA) is 46.2 Å². The van der Waals surface area contributed by atoms with E-state index in [1.165, 1.54) is 32.1 Å². The van der Waals surface area contributed by atoms with Gasteiger partial charge in [-0.1, -0.05) is 52.9 Å². The van der Waals surface area contributed by atoms with Crippen LogP contribution >= 0.6 is 0 Å². The lowest BCUT2D eigenvalue weighted by Gasteiger charge is -2.06. The maximum Gasteiger partial charge on any atom is 0.220 e. The van der Waals surface area contributed by atoms with Gasteiger partial charge in [-0.05, 0) is 25.2 Å². The van der Waals surface area contributed by atoms with Crippen LogP contribution in [0, 0.1) is 5.92 Å². The summed E-state index contributed by atoms with van der Waals surface area (Å²) in [5.74, 6) is 1.19. The van der Waals surface area contributed by atoms with Crippen molar-refractivity contribution >= 4 is 11.7 Å². The molecule has 0 aliphatic carbocycles. The van der Waals surface area contributed by atoms with Gasteiger partial charge in [-0.15, -0.1) is 0 Å². The summed E-state index contributed by atoms with van der Waals surface area (Å²) in [4.78, 5) is 22.6. The molecule has 3 nitrogen and oxygen atoms in total. The SMILES string of the molecule is CCC(=O)CCCCCCCCCNC(=O)CCC(C)C. The quantitative estimate of drug-likeness (QED) is 0.475. The number of ketones is 1. The zero-order valence-electron chi connectivity index (χ0n) is 14.4. The van der Waals surface area contributed by atoms with Crippen LogP contribution in [0.25, 0.3) is 0 Å². The van der Waals surface area contributed by atoms with E-state index in [4.69, 9.17) is 0 Å². The molecule has 0 aromatic carbocycles. The van der Waals surface area contributed by atoms with Gasteiger partial charge in [-0.25, -0.2) is 0 Å². The van der Waals surface area contributed by atoms with Crippen LogP contribution < -0.4 is 5.32 Å². The fraction of sp³-hybridized carbons (Fsp3) is 0.889. The first kappa shape index (κ1) is 20.1. The fourth-order valence-electron chi connectivity index (χ4n) is 2.24. The van der Waals surface area contributed by atoms with Crippen LogP contribution in [-0.2, 0) is 9.59 Å². The van der Waals surface area contributed by atoms with Crippen molar-refractivity contribution in [2.45, 2.75) is 91.4 Å². The lowest BCUT2D eigenvalue weighted by molar-refractivity contribution is -0.121. The number of carbonyl (C=O) groups is 2. The Kier molecular flexibility index (Phi) is 13.5. The van der Waals surface area contributed by atoms with E-state index in [0.29, 0.717) is 24.5 Å². The number of rotatable bonds is 14. The van der Waals surface area contributed by atoms with Crippen molar-refractivity contribution in [3.63, 3.8) is 0 Å². The molecule has 0 spiro atoms. The summed E-state index contributed by atoms with van der Waals surface area (Å²) in [5, 5.41) is 2.99. The standard InChI is InChI=1S/C18H35NO2/c1-4-17(20)12-10-8-6-5-7-9-11-15-19-18(21)14-13-16(2)3/h16H,4-15H2,1-3H3,(H,19,21). The molecule has 0 saturated carbocycles. The van der Waals surface area contributed by atoms with Gasteiger partial charge >= 0.3 is 0 Å². The van der Waals surface area contributed by atoms with E-state index in [0.717, 1.165) is 32.2 Å². The second-order valence-electron chi connectivity index (χ2n) is 6.40. The van der Waals surface area contributed by atoms with Crippen LogP contribution in [0.15, 0.2) is 0 Å². The summed E-state index contributed by atoms with van der Waals surface area (Å²) >= 11 is 0. The summed E-state index contributed by atoms with van der Waals surface area (Å²) in [7, 11) is 0. The minimum atomic E-state index is 0.198. The van der Waals surface area contributed by atoms with Crippen molar-refractivity contribution in [3.05, 3.63) is 0 Å². The molecule has 0 saturated heterocycles. The van der Waals surface area contributed by atoms with Crippen LogP contribution in [0.3, 0.4) is 0 Å². The van der Waals surface area contributed by atoms with Gasteiger partial charge < -0.3 is 5.32 Å². The van der Waals surface area contributed by atoms with Crippen molar-refractivity contribution in [3.8, 4) is 0 Å². The Bertz CT molecular complexity index is 274.